The Hall–Kier alpha value is -2.59. The van der Waals surface area contributed by atoms with Crippen molar-refractivity contribution in [1.29, 1.82) is 0 Å². The molecule has 1 aliphatic heterocycles. The molecular weight excluding hydrogens is 358 g/mol. The quantitative estimate of drug-likeness (QED) is 0.659. The second-order valence-electron chi connectivity index (χ2n) is 7.04. The number of pyridine rings is 1. The van der Waals surface area contributed by atoms with Crippen molar-refractivity contribution in [1.82, 2.24) is 4.98 Å². The Bertz CT molecular complexity index is 996. The highest BCUT2D eigenvalue weighted by Crippen LogP contribution is 2.27. The van der Waals surface area contributed by atoms with Crippen LogP contribution in [0.2, 0.25) is 5.02 Å². The van der Waals surface area contributed by atoms with Gasteiger partial charge < -0.3 is 10.2 Å². The van der Waals surface area contributed by atoms with Gasteiger partial charge in [0.25, 0.3) is 5.91 Å². The van der Waals surface area contributed by atoms with Gasteiger partial charge in [0.05, 0.1) is 5.52 Å². The van der Waals surface area contributed by atoms with Gasteiger partial charge >= 0.3 is 0 Å². The highest BCUT2D eigenvalue weighted by molar-refractivity contribution is 6.31. The lowest BCUT2D eigenvalue weighted by Crippen LogP contribution is -2.30. The van der Waals surface area contributed by atoms with Crippen molar-refractivity contribution in [2.45, 2.75) is 26.2 Å². The lowest BCUT2D eigenvalue weighted by molar-refractivity contribution is 0.102. The number of amides is 1. The molecule has 1 amide bonds. The van der Waals surface area contributed by atoms with Crippen LogP contribution < -0.4 is 10.2 Å². The highest BCUT2D eigenvalue weighted by atomic mass is 35.5. The summed E-state index contributed by atoms with van der Waals surface area (Å²) in [4.78, 5) is 19.7. The van der Waals surface area contributed by atoms with Crippen LogP contribution in [0, 0.1) is 6.92 Å². The van der Waals surface area contributed by atoms with Crippen LogP contribution in [0.3, 0.4) is 0 Å². The normalized spacial score (nSPS) is 14.4. The molecule has 3 aromatic rings. The molecule has 5 heteroatoms. The van der Waals surface area contributed by atoms with E-state index in [0.29, 0.717) is 10.6 Å². The van der Waals surface area contributed by atoms with E-state index in [-0.39, 0.29) is 5.91 Å². The number of rotatable bonds is 3. The molecule has 2 aromatic carbocycles. The van der Waals surface area contributed by atoms with Crippen LogP contribution in [0.1, 0.15) is 35.2 Å². The predicted octanol–water partition coefficient (Wildman–Crippen LogP) is 5.44. The highest BCUT2D eigenvalue weighted by Gasteiger charge is 2.14. The number of hydrogen-bond donors (Lipinski definition) is 1. The Morgan fingerprint density at radius 1 is 1.07 bits per heavy atom. The molecule has 1 fully saturated rings. The van der Waals surface area contributed by atoms with Gasteiger partial charge in [-0.3, -0.25) is 4.79 Å². The fourth-order valence-corrected chi connectivity index (χ4v) is 3.76. The topological polar surface area (TPSA) is 45.2 Å². The Morgan fingerprint density at radius 2 is 1.89 bits per heavy atom. The molecule has 4 rings (SSSR count). The van der Waals surface area contributed by atoms with E-state index in [1.54, 1.807) is 24.3 Å². The van der Waals surface area contributed by atoms with Crippen molar-refractivity contribution in [2.75, 3.05) is 23.3 Å². The smallest absolute Gasteiger partial charge is 0.255 e. The van der Waals surface area contributed by atoms with Gasteiger partial charge in [0.15, 0.2) is 0 Å². The fourth-order valence-electron chi connectivity index (χ4n) is 3.57. The van der Waals surface area contributed by atoms with E-state index in [4.69, 9.17) is 16.6 Å². The van der Waals surface area contributed by atoms with Gasteiger partial charge in [-0.1, -0.05) is 17.7 Å². The number of aromatic nitrogens is 1. The first-order chi connectivity index (χ1) is 13.1. The molecule has 1 N–H and O–H groups in total. The predicted molar refractivity (Wildman–Crippen MR) is 112 cm³/mol. The number of benzene rings is 2. The van der Waals surface area contributed by atoms with E-state index < -0.39 is 0 Å². The van der Waals surface area contributed by atoms with Crippen LogP contribution in [0.4, 0.5) is 11.5 Å². The Balaban J connectivity index is 1.60. The van der Waals surface area contributed by atoms with E-state index in [1.165, 1.54) is 24.8 Å². The van der Waals surface area contributed by atoms with E-state index in [0.717, 1.165) is 35.5 Å². The molecule has 0 bridgehead atoms. The third-order valence-corrected chi connectivity index (χ3v) is 5.26. The SMILES string of the molecule is Cc1cc(N2CCCCC2)nc2ccc(NC(=O)c3cccc(Cl)c3)cc12. The van der Waals surface area contributed by atoms with Gasteiger partial charge in [-0.15, -0.1) is 0 Å². The molecular formula is C22H22ClN3O. The molecule has 0 atom stereocenters. The summed E-state index contributed by atoms with van der Waals surface area (Å²) in [6.07, 6.45) is 3.76. The first-order valence-electron chi connectivity index (χ1n) is 9.33. The zero-order valence-electron chi connectivity index (χ0n) is 15.3. The summed E-state index contributed by atoms with van der Waals surface area (Å²) in [6.45, 7) is 4.25. The number of hydrogen-bond acceptors (Lipinski definition) is 3. The Kier molecular flexibility index (Phi) is 4.99. The number of aryl methyl sites for hydroxylation is 1. The maximum Gasteiger partial charge on any atom is 0.255 e. The van der Waals surface area contributed by atoms with Crippen molar-refractivity contribution in [3.8, 4) is 0 Å². The van der Waals surface area contributed by atoms with Crippen LogP contribution in [0.5, 0.6) is 0 Å². The molecule has 0 unspecified atom stereocenters. The fraction of sp³-hybridized carbons (Fsp3) is 0.273. The van der Waals surface area contributed by atoms with E-state index in [9.17, 15) is 4.79 Å². The third-order valence-electron chi connectivity index (χ3n) is 5.03. The first kappa shape index (κ1) is 17.8. The molecule has 1 aliphatic rings. The minimum absolute atomic E-state index is 0.174. The molecule has 1 saturated heterocycles. The summed E-state index contributed by atoms with van der Waals surface area (Å²) in [5.74, 6) is 0.878. The lowest BCUT2D eigenvalue weighted by atomic mass is 10.1. The molecule has 27 heavy (non-hydrogen) atoms. The molecule has 4 nitrogen and oxygen atoms in total. The van der Waals surface area contributed by atoms with Crippen LogP contribution >= 0.6 is 11.6 Å². The van der Waals surface area contributed by atoms with Gasteiger partial charge in [0.2, 0.25) is 0 Å². The van der Waals surface area contributed by atoms with E-state index in [2.05, 4.69) is 23.2 Å². The third kappa shape index (κ3) is 3.91. The largest absolute Gasteiger partial charge is 0.357 e. The average Bonchev–Trinajstić information content (AvgIpc) is 2.69. The average molecular weight is 380 g/mol. The second kappa shape index (κ2) is 7.57. The van der Waals surface area contributed by atoms with Crippen molar-refractivity contribution >= 4 is 39.9 Å². The number of halogens is 1. The zero-order chi connectivity index (χ0) is 18.8. The number of anilines is 2. The summed E-state index contributed by atoms with van der Waals surface area (Å²) in [5, 5.41) is 4.55. The molecule has 0 spiro atoms. The van der Waals surface area contributed by atoms with Crippen molar-refractivity contribution in [3.63, 3.8) is 0 Å². The number of nitrogens with one attached hydrogen (secondary N) is 1. The molecule has 138 valence electrons. The zero-order valence-corrected chi connectivity index (χ0v) is 16.1. The van der Waals surface area contributed by atoms with Crippen molar-refractivity contribution < 1.29 is 4.79 Å². The van der Waals surface area contributed by atoms with Gasteiger partial charge in [0.1, 0.15) is 5.82 Å². The molecule has 2 heterocycles. The molecule has 0 aliphatic carbocycles. The number of piperidine rings is 1. The van der Waals surface area contributed by atoms with Gasteiger partial charge in [-0.25, -0.2) is 4.98 Å². The lowest BCUT2D eigenvalue weighted by Gasteiger charge is -2.28. The number of fused-ring (bicyclic) bond motifs is 1. The standard InChI is InChI=1S/C22H22ClN3O/c1-15-12-21(26-10-3-2-4-11-26)25-20-9-8-18(14-19(15)20)24-22(27)16-6-5-7-17(23)13-16/h5-9,12-14H,2-4,10-11H2,1H3,(H,24,27). The van der Waals surface area contributed by atoms with Gasteiger partial charge in [0, 0.05) is 34.7 Å². The summed E-state index contributed by atoms with van der Waals surface area (Å²) in [6, 6.07) is 14.9. The monoisotopic (exact) mass is 379 g/mol. The Labute approximate surface area is 164 Å². The number of nitrogens with zero attached hydrogens (tertiary/aromatic N) is 2. The van der Waals surface area contributed by atoms with Gasteiger partial charge in [-0.05, 0) is 74.2 Å². The number of carbonyl (C=O) groups excluding carboxylic acids is 1. The van der Waals surface area contributed by atoms with Crippen LogP contribution in [-0.4, -0.2) is 24.0 Å². The summed E-state index contributed by atoms with van der Waals surface area (Å²) in [7, 11) is 0. The Morgan fingerprint density at radius 3 is 2.67 bits per heavy atom. The van der Waals surface area contributed by atoms with Crippen LogP contribution in [0.25, 0.3) is 10.9 Å². The minimum atomic E-state index is -0.174. The van der Waals surface area contributed by atoms with Gasteiger partial charge in [-0.2, -0.15) is 0 Å². The van der Waals surface area contributed by atoms with Crippen molar-refractivity contribution in [3.05, 3.63) is 64.7 Å². The van der Waals surface area contributed by atoms with E-state index >= 15 is 0 Å². The van der Waals surface area contributed by atoms with Crippen LogP contribution in [-0.2, 0) is 0 Å². The maximum absolute atomic E-state index is 12.5. The van der Waals surface area contributed by atoms with Crippen LogP contribution in [0.15, 0.2) is 48.5 Å². The first-order valence-corrected chi connectivity index (χ1v) is 9.71. The molecule has 0 saturated carbocycles. The van der Waals surface area contributed by atoms with E-state index in [1.807, 2.05) is 18.2 Å². The van der Waals surface area contributed by atoms with Crippen molar-refractivity contribution in [2.24, 2.45) is 0 Å². The summed E-state index contributed by atoms with van der Waals surface area (Å²) >= 11 is 5.98. The summed E-state index contributed by atoms with van der Waals surface area (Å²) in [5.41, 5.74) is 3.41. The minimum Gasteiger partial charge on any atom is -0.357 e. The summed E-state index contributed by atoms with van der Waals surface area (Å²) < 4.78 is 0. The molecule has 0 radical (unpaired) electrons. The second-order valence-corrected chi connectivity index (χ2v) is 7.48. The maximum atomic E-state index is 12.5. The number of carbonyl (C=O) groups is 1. The molecule has 1 aromatic heterocycles.